The highest BCUT2D eigenvalue weighted by molar-refractivity contribution is 7.24. The van der Waals surface area contributed by atoms with Crippen molar-refractivity contribution in [2.45, 2.75) is 13.8 Å². The molecule has 3 heterocycles. The first kappa shape index (κ1) is 16.0. The predicted octanol–water partition coefficient (Wildman–Crippen LogP) is 3.61. The summed E-state index contributed by atoms with van der Waals surface area (Å²) in [7, 11) is 3.24. The molecule has 0 fully saturated rings. The van der Waals surface area contributed by atoms with Crippen LogP contribution in [-0.2, 0) is 0 Å². The first-order valence-electron chi connectivity index (χ1n) is 7.49. The van der Waals surface area contributed by atoms with Gasteiger partial charge in [-0.3, -0.25) is 0 Å². The molecule has 0 atom stereocenters. The number of thiazole rings is 1. The van der Waals surface area contributed by atoms with Gasteiger partial charge in [-0.05, 0) is 26.0 Å². The molecule has 0 aliphatic carbocycles. The SMILES string of the molecule is COc1cc(OC)cc(-c2nnc3sc(-c4sc(C)nc4C)nn23)c1. The van der Waals surface area contributed by atoms with Gasteiger partial charge in [-0.15, -0.1) is 21.5 Å². The van der Waals surface area contributed by atoms with Gasteiger partial charge in [0.2, 0.25) is 4.96 Å². The van der Waals surface area contributed by atoms with Crippen molar-refractivity contribution in [3.8, 4) is 32.8 Å². The molecule has 9 heteroatoms. The molecule has 0 N–H and O–H groups in total. The van der Waals surface area contributed by atoms with Gasteiger partial charge in [0.1, 0.15) is 11.5 Å². The standard InChI is InChI=1S/C16H15N5O2S2/c1-8-13(24-9(2)17-8)15-20-21-14(18-19-16(21)25-15)10-5-11(22-3)7-12(6-10)23-4/h5-7H,1-4H3. The summed E-state index contributed by atoms with van der Waals surface area (Å²) >= 11 is 3.13. The predicted molar refractivity (Wildman–Crippen MR) is 97.8 cm³/mol. The van der Waals surface area contributed by atoms with Crippen molar-refractivity contribution in [2.75, 3.05) is 14.2 Å². The van der Waals surface area contributed by atoms with Crippen LogP contribution in [0.25, 0.3) is 26.2 Å². The van der Waals surface area contributed by atoms with Gasteiger partial charge in [-0.2, -0.15) is 9.61 Å². The molecule has 0 unspecified atom stereocenters. The van der Waals surface area contributed by atoms with E-state index in [9.17, 15) is 0 Å². The van der Waals surface area contributed by atoms with Gasteiger partial charge in [0.15, 0.2) is 10.8 Å². The lowest BCUT2D eigenvalue weighted by molar-refractivity contribution is 0.394. The van der Waals surface area contributed by atoms with Crippen LogP contribution in [0.2, 0.25) is 0 Å². The molecule has 0 saturated carbocycles. The number of hydrogen-bond acceptors (Lipinski definition) is 8. The van der Waals surface area contributed by atoms with Crippen molar-refractivity contribution >= 4 is 27.6 Å². The third-order valence-corrected chi connectivity index (χ3v) is 5.82. The maximum atomic E-state index is 5.34. The van der Waals surface area contributed by atoms with E-state index in [0.29, 0.717) is 17.3 Å². The van der Waals surface area contributed by atoms with E-state index in [2.05, 4.69) is 15.2 Å². The quantitative estimate of drug-likeness (QED) is 0.544. The summed E-state index contributed by atoms with van der Waals surface area (Å²) in [6, 6.07) is 5.60. The number of nitrogens with zero attached hydrogens (tertiary/aromatic N) is 5. The summed E-state index contributed by atoms with van der Waals surface area (Å²) in [5.41, 5.74) is 1.81. The normalized spacial score (nSPS) is 11.2. The van der Waals surface area contributed by atoms with Crippen LogP contribution in [-0.4, -0.2) is 39.0 Å². The molecule has 4 aromatic rings. The first-order valence-corrected chi connectivity index (χ1v) is 9.12. The van der Waals surface area contributed by atoms with Gasteiger partial charge in [0.05, 0.1) is 29.8 Å². The number of methoxy groups -OCH3 is 2. The molecule has 0 amide bonds. The van der Waals surface area contributed by atoms with Crippen LogP contribution >= 0.6 is 22.7 Å². The van der Waals surface area contributed by atoms with Gasteiger partial charge in [-0.25, -0.2) is 4.98 Å². The van der Waals surface area contributed by atoms with E-state index >= 15 is 0 Å². The molecule has 128 valence electrons. The van der Waals surface area contributed by atoms with E-state index in [-0.39, 0.29) is 0 Å². The van der Waals surface area contributed by atoms with E-state index < -0.39 is 0 Å². The summed E-state index contributed by atoms with van der Waals surface area (Å²) in [6.45, 7) is 3.99. The Balaban J connectivity index is 1.85. The van der Waals surface area contributed by atoms with Crippen molar-refractivity contribution in [2.24, 2.45) is 0 Å². The molecule has 0 bridgehead atoms. The van der Waals surface area contributed by atoms with Gasteiger partial charge >= 0.3 is 0 Å². The van der Waals surface area contributed by atoms with E-state index in [0.717, 1.165) is 31.1 Å². The highest BCUT2D eigenvalue weighted by atomic mass is 32.1. The minimum Gasteiger partial charge on any atom is -0.497 e. The van der Waals surface area contributed by atoms with E-state index in [1.54, 1.807) is 30.1 Å². The van der Waals surface area contributed by atoms with E-state index in [1.807, 2.05) is 32.0 Å². The number of hydrogen-bond donors (Lipinski definition) is 0. The monoisotopic (exact) mass is 373 g/mol. The first-order chi connectivity index (χ1) is 12.1. The Bertz CT molecular complexity index is 1040. The minimum atomic E-state index is 0.647. The van der Waals surface area contributed by atoms with Crippen LogP contribution in [0.1, 0.15) is 10.7 Å². The number of benzene rings is 1. The lowest BCUT2D eigenvalue weighted by atomic mass is 10.2. The van der Waals surface area contributed by atoms with Gasteiger partial charge in [0.25, 0.3) is 0 Å². The Hall–Kier alpha value is -2.52. The highest BCUT2D eigenvalue weighted by Crippen LogP contribution is 2.35. The number of rotatable bonds is 4. The van der Waals surface area contributed by atoms with Crippen molar-refractivity contribution in [3.63, 3.8) is 0 Å². The zero-order valence-corrected chi connectivity index (χ0v) is 15.7. The van der Waals surface area contributed by atoms with Crippen LogP contribution in [0.3, 0.4) is 0 Å². The fourth-order valence-electron chi connectivity index (χ4n) is 2.55. The average Bonchev–Trinajstić information content (AvgIpc) is 3.27. The molecule has 0 aliphatic rings. The van der Waals surface area contributed by atoms with Gasteiger partial charge < -0.3 is 9.47 Å². The summed E-state index contributed by atoms with van der Waals surface area (Å²) in [4.78, 5) is 6.28. The van der Waals surface area contributed by atoms with Gasteiger partial charge in [-0.1, -0.05) is 11.3 Å². The molecular formula is C16H15N5O2S2. The summed E-state index contributed by atoms with van der Waals surface area (Å²) in [5.74, 6) is 2.03. The smallest absolute Gasteiger partial charge is 0.235 e. The van der Waals surface area contributed by atoms with Crippen LogP contribution in [0.15, 0.2) is 18.2 Å². The Morgan fingerprint density at radius 3 is 2.28 bits per heavy atom. The summed E-state index contributed by atoms with van der Waals surface area (Å²) in [6.07, 6.45) is 0. The van der Waals surface area contributed by atoms with E-state index in [1.165, 1.54) is 11.3 Å². The lowest BCUT2D eigenvalue weighted by Gasteiger charge is -2.06. The molecule has 4 rings (SSSR count). The molecule has 0 aliphatic heterocycles. The topological polar surface area (TPSA) is 74.4 Å². The zero-order chi connectivity index (χ0) is 17.6. The second-order valence-corrected chi connectivity index (χ2v) is 7.53. The van der Waals surface area contributed by atoms with E-state index in [4.69, 9.17) is 14.6 Å². The highest BCUT2D eigenvalue weighted by Gasteiger charge is 2.18. The molecule has 0 spiro atoms. The second-order valence-electron chi connectivity index (χ2n) is 5.37. The van der Waals surface area contributed by atoms with Crippen molar-refractivity contribution in [3.05, 3.63) is 28.9 Å². The zero-order valence-electron chi connectivity index (χ0n) is 14.1. The van der Waals surface area contributed by atoms with Crippen molar-refractivity contribution in [1.29, 1.82) is 0 Å². The third kappa shape index (κ3) is 2.75. The molecule has 25 heavy (non-hydrogen) atoms. The summed E-state index contributed by atoms with van der Waals surface area (Å²) in [5, 5.41) is 15.2. The molecular weight excluding hydrogens is 358 g/mol. The molecule has 3 aromatic heterocycles. The average molecular weight is 373 g/mol. The third-order valence-electron chi connectivity index (χ3n) is 3.70. The fraction of sp³-hybridized carbons (Fsp3) is 0.250. The Kier molecular flexibility index (Phi) is 3.89. The minimum absolute atomic E-state index is 0.647. The number of aryl methyl sites for hydroxylation is 2. The summed E-state index contributed by atoms with van der Waals surface area (Å²) < 4.78 is 12.4. The number of ether oxygens (including phenoxy) is 2. The fourth-order valence-corrected chi connectivity index (χ4v) is 4.44. The van der Waals surface area contributed by atoms with Crippen molar-refractivity contribution in [1.82, 2.24) is 24.8 Å². The Labute approximate surface area is 151 Å². The molecule has 0 radical (unpaired) electrons. The van der Waals surface area contributed by atoms with Crippen LogP contribution in [0.4, 0.5) is 0 Å². The lowest BCUT2D eigenvalue weighted by Crippen LogP contribution is -1.94. The van der Waals surface area contributed by atoms with Crippen LogP contribution in [0.5, 0.6) is 11.5 Å². The molecule has 1 aromatic carbocycles. The molecule has 7 nitrogen and oxygen atoms in total. The number of aromatic nitrogens is 5. The maximum Gasteiger partial charge on any atom is 0.235 e. The van der Waals surface area contributed by atoms with Crippen molar-refractivity contribution < 1.29 is 9.47 Å². The molecule has 0 saturated heterocycles. The largest absolute Gasteiger partial charge is 0.497 e. The Morgan fingerprint density at radius 1 is 0.960 bits per heavy atom. The van der Waals surface area contributed by atoms with Crippen LogP contribution in [0, 0.1) is 13.8 Å². The van der Waals surface area contributed by atoms with Gasteiger partial charge in [0, 0.05) is 11.6 Å². The second kappa shape index (κ2) is 6.08. The Morgan fingerprint density at radius 2 is 1.68 bits per heavy atom. The maximum absolute atomic E-state index is 5.34. The number of fused-ring (bicyclic) bond motifs is 1. The van der Waals surface area contributed by atoms with Crippen LogP contribution < -0.4 is 9.47 Å².